The highest BCUT2D eigenvalue weighted by Gasteiger charge is 2.23. The number of amides is 1. The number of nitrogens with two attached hydrogens (primary N) is 1. The monoisotopic (exact) mass is 488 g/mol. The van der Waals surface area contributed by atoms with Crippen molar-refractivity contribution in [3.05, 3.63) is 41.9 Å². The van der Waals surface area contributed by atoms with Crippen LogP contribution in [0.2, 0.25) is 0 Å². The molecule has 35 heavy (non-hydrogen) atoms. The molecule has 3 aromatic heterocycles. The number of anilines is 1. The van der Waals surface area contributed by atoms with Gasteiger partial charge in [-0.15, -0.1) is 0 Å². The zero-order valence-corrected chi connectivity index (χ0v) is 20.3. The molecule has 1 aliphatic carbocycles. The second kappa shape index (κ2) is 9.33. The van der Waals surface area contributed by atoms with E-state index in [0.29, 0.717) is 17.3 Å². The van der Waals surface area contributed by atoms with Crippen molar-refractivity contribution in [2.75, 3.05) is 18.8 Å². The molecule has 0 bridgehead atoms. The summed E-state index contributed by atoms with van der Waals surface area (Å²) in [7, 11) is 0. The van der Waals surface area contributed by atoms with Crippen molar-refractivity contribution in [1.29, 1.82) is 0 Å². The highest BCUT2D eigenvalue weighted by atomic mass is 32.2. The third-order valence-electron chi connectivity index (χ3n) is 7.17. The minimum Gasteiger partial charge on any atom is -0.382 e. The van der Waals surface area contributed by atoms with Crippen LogP contribution in [0.1, 0.15) is 36.8 Å². The number of aromatic amines is 1. The standard InChI is InChI=1S/C25H28N8OS/c26-23-22-24(28-14-27-23)33(10-7-16-3-2-9-32(13-16)15-34)25(30-22)35-21-12-18-5-1-4-17(18)11-19(21)20-6-8-29-31-20/h6,8,11-12,14-16H,1-5,7,9-10,13H2,(H,29,31)(H2,26,27,28). The quantitative estimate of drug-likeness (QED) is 0.381. The molecule has 0 radical (unpaired) electrons. The van der Waals surface area contributed by atoms with Gasteiger partial charge in [-0.1, -0.05) is 11.8 Å². The molecule has 1 fully saturated rings. The first-order chi connectivity index (χ1) is 17.2. The number of rotatable bonds is 7. The fraction of sp³-hybridized carbons (Fsp3) is 0.400. The van der Waals surface area contributed by atoms with E-state index < -0.39 is 0 Å². The smallest absolute Gasteiger partial charge is 0.209 e. The largest absolute Gasteiger partial charge is 0.382 e. The predicted octanol–water partition coefficient (Wildman–Crippen LogP) is 3.70. The van der Waals surface area contributed by atoms with Crippen LogP contribution < -0.4 is 5.73 Å². The van der Waals surface area contributed by atoms with Crippen molar-refractivity contribution in [2.45, 2.75) is 55.1 Å². The first-order valence-electron chi connectivity index (χ1n) is 12.2. The Balaban J connectivity index is 1.37. The minimum atomic E-state index is 0.392. The Morgan fingerprint density at radius 2 is 2.09 bits per heavy atom. The number of hydrogen-bond acceptors (Lipinski definition) is 7. The number of piperidine rings is 1. The van der Waals surface area contributed by atoms with Crippen molar-refractivity contribution in [3.8, 4) is 11.3 Å². The molecule has 0 saturated carbocycles. The second-order valence-corrected chi connectivity index (χ2v) is 10.4. The van der Waals surface area contributed by atoms with Gasteiger partial charge in [0.05, 0.1) is 5.69 Å². The van der Waals surface area contributed by atoms with Crippen LogP contribution >= 0.6 is 11.8 Å². The molecule has 4 aromatic rings. The number of benzene rings is 1. The lowest BCUT2D eigenvalue weighted by Crippen LogP contribution is -2.34. The minimum absolute atomic E-state index is 0.392. The molecule has 2 aliphatic rings. The Kier molecular flexibility index (Phi) is 5.89. The average Bonchev–Trinajstić information content (AvgIpc) is 3.63. The summed E-state index contributed by atoms with van der Waals surface area (Å²) in [5.74, 6) is 0.854. The summed E-state index contributed by atoms with van der Waals surface area (Å²) in [4.78, 5) is 27.9. The Labute approximate surface area is 207 Å². The van der Waals surface area contributed by atoms with Gasteiger partial charge < -0.3 is 15.2 Å². The molecule has 0 spiro atoms. The maximum Gasteiger partial charge on any atom is 0.209 e. The first kappa shape index (κ1) is 22.1. The summed E-state index contributed by atoms with van der Waals surface area (Å²) >= 11 is 1.65. The van der Waals surface area contributed by atoms with E-state index in [9.17, 15) is 4.79 Å². The lowest BCUT2D eigenvalue weighted by atomic mass is 9.95. The van der Waals surface area contributed by atoms with Gasteiger partial charge in [-0.3, -0.25) is 9.89 Å². The topological polar surface area (TPSA) is 119 Å². The van der Waals surface area contributed by atoms with E-state index in [2.05, 4.69) is 36.9 Å². The SMILES string of the molecule is Nc1ncnc2c1nc(Sc1cc3c(cc1-c1ccn[nH]1)CCC3)n2CCC1CCCN(C=O)C1. The molecule has 1 aromatic carbocycles. The van der Waals surface area contributed by atoms with Crippen molar-refractivity contribution < 1.29 is 4.79 Å². The molecule has 4 heterocycles. The van der Waals surface area contributed by atoms with E-state index in [1.54, 1.807) is 18.0 Å². The molecule has 1 atom stereocenters. The van der Waals surface area contributed by atoms with Crippen LogP contribution in [0.4, 0.5) is 5.82 Å². The van der Waals surface area contributed by atoms with Gasteiger partial charge in [0, 0.05) is 36.3 Å². The highest BCUT2D eigenvalue weighted by Crippen LogP contribution is 2.40. The Morgan fingerprint density at radius 3 is 2.91 bits per heavy atom. The summed E-state index contributed by atoms with van der Waals surface area (Å²) < 4.78 is 2.17. The molecular weight excluding hydrogens is 460 g/mol. The molecule has 6 rings (SSSR count). The predicted molar refractivity (Wildman–Crippen MR) is 135 cm³/mol. The number of aromatic nitrogens is 6. The summed E-state index contributed by atoms with van der Waals surface area (Å²) in [6, 6.07) is 6.62. The summed E-state index contributed by atoms with van der Waals surface area (Å²) in [6.07, 6.45) is 10.8. The van der Waals surface area contributed by atoms with Crippen molar-refractivity contribution in [2.24, 2.45) is 5.92 Å². The number of nitrogens with zero attached hydrogens (tertiary/aromatic N) is 6. The van der Waals surface area contributed by atoms with Gasteiger partial charge in [0.1, 0.15) is 6.33 Å². The first-order valence-corrected chi connectivity index (χ1v) is 13.0. The Morgan fingerprint density at radius 1 is 1.20 bits per heavy atom. The van der Waals surface area contributed by atoms with Crippen LogP contribution in [-0.4, -0.2) is 54.1 Å². The van der Waals surface area contributed by atoms with Gasteiger partial charge in [0.25, 0.3) is 0 Å². The summed E-state index contributed by atoms with van der Waals surface area (Å²) in [5, 5.41) is 8.17. The van der Waals surface area contributed by atoms with Gasteiger partial charge in [-0.05, 0) is 73.8 Å². The van der Waals surface area contributed by atoms with E-state index >= 15 is 0 Å². The van der Waals surface area contributed by atoms with E-state index in [1.165, 1.54) is 23.9 Å². The number of hydrogen-bond donors (Lipinski definition) is 2. The molecular formula is C25H28N8OS. The zero-order valence-electron chi connectivity index (χ0n) is 19.5. The normalized spacial score (nSPS) is 17.7. The van der Waals surface area contributed by atoms with Gasteiger partial charge in [-0.25, -0.2) is 15.0 Å². The average molecular weight is 489 g/mol. The number of carbonyl (C=O) groups is 1. The zero-order chi connectivity index (χ0) is 23.8. The lowest BCUT2D eigenvalue weighted by Gasteiger charge is -2.30. The molecule has 10 heteroatoms. The van der Waals surface area contributed by atoms with E-state index in [1.807, 2.05) is 11.0 Å². The highest BCUT2D eigenvalue weighted by molar-refractivity contribution is 7.99. The van der Waals surface area contributed by atoms with Crippen LogP contribution in [0.5, 0.6) is 0 Å². The van der Waals surface area contributed by atoms with Crippen LogP contribution in [0.25, 0.3) is 22.4 Å². The van der Waals surface area contributed by atoms with Crippen molar-refractivity contribution in [3.63, 3.8) is 0 Å². The van der Waals surface area contributed by atoms with E-state index in [4.69, 9.17) is 10.7 Å². The molecule has 1 saturated heterocycles. The number of imidazole rings is 1. The fourth-order valence-corrected chi connectivity index (χ4v) is 6.46. The van der Waals surface area contributed by atoms with Gasteiger partial charge in [0.2, 0.25) is 6.41 Å². The third-order valence-corrected chi connectivity index (χ3v) is 8.22. The maximum absolute atomic E-state index is 11.3. The number of fused-ring (bicyclic) bond motifs is 2. The molecule has 9 nitrogen and oxygen atoms in total. The Hall–Kier alpha value is -3.40. The van der Waals surface area contributed by atoms with Crippen LogP contribution in [0.3, 0.4) is 0 Å². The molecule has 1 unspecified atom stereocenters. The number of likely N-dealkylation sites (tertiary alicyclic amines) is 1. The van der Waals surface area contributed by atoms with E-state index in [0.717, 1.165) is 85.1 Å². The van der Waals surface area contributed by atoms with Crippen molar-refractivity contribution in [1.82, 2.24) is 34.6 Å². The van der Waals surface area contributed by atoms with Gasteiger partial charge >= 0.3 is 0 Å². The van der Waals surface area contributed by atoms with Crippen LogP contribution in [-0.2, 0) is 24.2 Å². The van der Waals surface area contributed by atoms with Gasteiger partial charge in [0.15, 0.2) is 22.1 Å². The van der Waals surface area contributed by atoms with Crippen LogP contribution in [0.15, 0.2) is 40.8 Å². The molecule has 3 N–H and O–H groups in total. The van der Waals surface area contributed by atoms with Crippen molar-refractivity contribution >= 4 is 35.2 Å². The summed E-state index contributed by atoms with van der Waals surface area (Å²) in [5.41, 5.74) is 12.6. The Bertz CT molecular complexity index is 1370. The third kappa shape index (κ3) is 4.27. The lowest BCUT2D eigenvalue weighted by molar-refractivity contribution is -0.119. The number of carbonyl (C=O) groups excluding carboxylic acids is 1. The summed E-state index contributed by atoms with van der Waals surface area (Å²) in [6.45, 7) is 2.43. The molecule has 1 amide bonds. The van der Waals surface area contributed by atoms with E-state index in [-0.39, 0.29) is 0 Å². The number of nitrogens with one attached hydrogen (secondary N) is 1. The fourth-order valence-electron chi connectivity index (χ4n) is 5.35. The van der Waals surface area contributed by atoms with Gasteiger partial charge in [-0.2, -0.15) is 5.10 Å². The van der Waals surface area contributed by atoms with Crippen LogP contribution in [0, 0.1) is 5.92 Å². The second-order valence-electron chi connectivity index (χ2n) is 9.42. The molecule has 180 valence electrons. The number of aryl methyl sites for hydroxylation is 3. The maximum atomic E-state index is 11.3. The number of H-pyrrole nitrogens is 1. The number of nitrogen functional groups attached to an aromatic ring is 1. The molecule has 1 aliphatic heterocycles.